The predicted molar refractivity (Wildman–Crippen MR) is 125 cm³/mol. The molecule has 0 bridgehead atoms. The van der Waals surface area contributed by atoms with E-state index in [9.17, 15) is 23.8 Å². The van der Waals surface area contributed by atoms with Crippen molar-refractivity contribution in [1.29, 1.82) is 0 Å². The van der Waals surface area contributed by atoms with Crippen molar-refractivity contribution in [3.05, 3.63) is 89.3 Å². The molecular weight excluding hydrogens is 458 g/mol. The first-order valence-electron chi connectivity index (χ1n) is 11.1. The summed E-state index contributed by atoms with van der Waals surface area (Å²) in [6.45, 7) is 2.29. The summed E-state index contributed by atoms with van der Waals surface area (Å²) in [6.07, 6.45) is 0.657. The standard InChI is InChI=1S/C25H26F2N4O4/c1-2-31-25(28-29-30-31)22(13-11-20(32)15-21(33)12-14-23(34)35)24(16-3-7-18(26)8-4-16)17-5-9-19(27)10-6-17/h3-11,13,20-21,32-33H,2,12,14-15H2,1H3,(H,34,35). The monoisotopic (exact) mass is 484 g/mol. The first kappa shape index (κ1) is 25.9. The molecule has 0 fully saturated rings. The number of aliphatic hydroxyl groups is 2. The second-order valence-corrected chi connectivity index (χ2v) is 7.87. The second kappa shape index (κ2) is 12.1. The first-order valence-corrected chi connectivity index (χ1v) is 11.1. The zero-order chi connectivity index (χ0) is 25.4. The Balaban J connectivity index is 2.11. The van der Waals surface area contributed by atoms with E-state index in [0.717, 1.165) is 0 Å². The minimum Gasteiger partial charge on any atom is -0.481 e. The Bertz CT molecular complexity index is 1140. The van der Waals surface area contributed by atoms with Gasteiger partial charge >= 0.3 is 5.97 Å². The molecule has 0 radical (unpaired) electrons. The van der Waals surface area contributed by atoms with E-state index >= 15 is 0 Å². The van der Waals surface area contributed by atoms with Crippen LogP contribution >= 0.6 is 0 Å². The van der Waals surface area contributed by atoms with E-state index in [4.69, 9.17) is 5.11 Å². The number of aliphatic carboxylic acids is 1. The van der Waals surface area contributed by atoms with E-state index < -0.39 is 29.8 Å². The van der Waals surface area contributed by atoms with Crippen LogP contribution in [0.5, 0.6) is 0 Å². The van der Waals surface area contributed by atoms with Crippen LogP contribution in [-0.2, 0) is 11.3 Å². The number of carboxylic acid groups (broad SMARTS) is 1. The highest BCUT2D eigenvalue weighted by Gasteiger charge is 2.19. The maximum absolute atomic E-state index is 13.7. The van der Waals surface area contributed by atoms with Crippen LogP contribution in [0.2, 0.25) is 0 Å². The Kier molecular flexibility index (Phi) is 8.93. The van der Waals surface area contributed by atoms with E-state index in [1.807, 2.05) is 6.92 Å². The number of hydrogen-bond acceptors (Lipinski definition) is 6. The second-order valence-electron chi connectivity index (χ2n) is 7.87. The number of carbonyl (C=O) groups is 1. The Morgan fingerprint density at radius 1 is 1.03 bits per heavy atom. The van der Waals surface area contributed by atoms with Crippen LogP contribution in [0.15, 0.2) is 60.7 Å². The van der Waals surface area contributed by atoms with E-state index in [1.54, 1.807) is 35.0 Å². The summed E-state index contributed by atoms with van der Waals surface area (Å²) in [7, 11) is 0. The number of nitrogens with zero attached hydrogens (tertiary/aromatic N) is 4. The van der Waals surface area contributed by atoms with Gasteiger partial charge in [-0.3, -0.25) is 4.79 Å². The summed E-state index contributed by atoms with van der Waals surface area (Å²) < 4.78 is 28.9. The van der Waals surface area contributed by atoms with Gasteiger partial charge in [0, 0.05) is 25.0 Å². The average Bonchev–Trinajstić information content (AvgIpc) is 3.31. The fourth-order valence-electron chi connectivity index (χ4n) is 3.56. The fourth-order valence-corrected chi connectivity index (χ4v) is 3.56. The van der Waals surface area contributed by atoms with Crippen molar-refractivity contribution < 1.29 is 28.9 Å². The number of aliphatic hydroxyl groups excluding tert-OH is 2. The zero-order valence-corrected chi connectivity index (χ0v) is 19.1. The number of tetrazole rings is 1. The molecule has 3 rings (SSSR count). The molecule has 1 aromatic heterocycles. The van der Waals surface area contributed by atoms with Crippen molar-refractivity contribution >= 4 is 17.1 Å². The highest BCUT2D eigenvalue weighted by atomic mass is 19.1. The third-order valence-electron chi connectivity index (χ3n) is 5.30. The van der Waals surface area contributed by atoms with Gasteiger partial charge in [-0.25, -0.2) is 13.5 Å². The third-order valence-corrected chi connectivity index (χ3v) is 5.30. The summed E-state index contributed by atoms with van der Waals surface area (Å²) in [6, 6.07) is 11.5. The highest BCUT2D eigenvalue weighted by Crippen LogP contribution is 2.33. The molecule has 0 spiro atoms. The molecule has 0 saturated heterocycles. The highest BCUT2D eigenvalue weighted by molar-refractivity contribution is 6.00. The largest absolute Gasteiger partial charge is 0.481 e. The number of allylic oxidation sites excluding steroid dienone is 2. The molecule has 3 aromatic rings. The fraction of sp³-hybridized carbons (Fsp3) is 0.280. The van der Waals surface area contributed by atoms with Crippen LogP contribution in [0.4, 0.5) is 8.78 Å². The van der Waals surface area contributed by atoms with Gasteiger partial charge in [-0.2, -0.15) is 0 Å². The molecular formula is C25H26F2N4O4. The average molecular weight is 485 g/mol. The summed E-state index contributed by atoms with van der Waals surface area (Å²) in [5.74, 6) is -1.51. The molecule has 0 amide bonds. The predicted octanol–water partition coefficient (Wildman–Crippen LogP) is 3.46. The minimum absolute atomic E-state index is 0.00736. The Hall–Kier alpha value is -3.76. The lowest BCUT2D eigenvalue weighted by atomic mass is 9.91. The van der Waals surface area contributed by atoms with Crippen LogP contribution in [-0.4, -0.2) is 53.7 Å². The molecule has 3 N–H and O–H groups in total. The number of hydrogen-bond donors (Lipinski definition) is 3. The molecule has 2 aromatic carbocycles. The smallest absolute Gasteiger partial charge is 0.303 e. The normalized spacial score (nSPS) is 13.1. The van der Waals surface area contributed by atoms with Gasteiger partial charge < -0.3 is 15.3 Å². The lowest BCUT2D eigenvalue weighted by molar-refractivity contribution is -0.137. The Morgan fingerprint density at radius 3 is 2.11 bits per heavy atom. The number of benzene rings is 2. The lowest BCUT2D eigenvalue weighted by Gasteiger charge is -2.15. The van der Waals surface area contributed by atoms with Crippen LogP contribution in [0.25, 0.3) is 11.1 Å². The van der Waals surface area contributed by atoms with Crippen molar-refractivity contribution in [2.75, 3.05) is 0 Å². The van der Waals surface area contributed by atoms with Crippen molar-refractivity contribution in [3.8, 4) is 0 Å². The summed E-state index contributed by atoms with van der Waals surface area (Å²) in [4.78, 5) is 10.7. The summed E-state index contributed by atoms with van der Waals surface area (Å²) in [5.41, 5.74) is 2.28. The Labute approximate surface area is 200 Å². The number of aryl methyl sites for hydroxylation is 1. The van der Waals surface area contributed by atoms with E-state index in [2.05, 4.69) is 15.5 Å². The number of halogens is 2. The molecule has 2 unspecified atom stereocenters. The molecule has 1 heterocycles. The van der Waals surface area contributed by atoms with Crippen LogP contribution in [0, 0.1) is 11.6 Å². The maximum Gasteiger partial charge on any atom is 0.303 e. The van der Waals surface area contributed by atoms with E-state index in [0.29, 0.717) is 34.6 Å². The van der Waals surface area contributed by atoms with Gasteiger partial charge in [0.1, 0.15) is 11.6 Å². The van der Waals surface area contributed by atoms with Crippen molar-refractivity contribution in [2.24, 2.45) is 0 Å². The minimum atomic E-state index is -1.09. The third kappa shape index (κ3) is 7.11. The first-order chi connectivity index (χ1) is 16.8. The van der Waals surface area contributed by atoms with E-state index in [1.165, 1.54) is 30.3 Å². The van der Waals surface area contributed by atoms with Crippen molar-refractivity contribution in [3.63, 3.8) is 0 Å². The number of rotatable bonds is 11. The molecule has 2 atom stereocenters. The van der Waals surface area contributed by atoms with Gasteiger partial charge in [0.05, 0.1) is 12.2 Å². The quantitative estimate of drug-likeness (QED) is 0.356. The van der Waals surface area contributed by atoms with Crippen LogP contribution in [0.3, 0.4) is 0 Å². The summed E-state index contributed by atoms with van der Waals surface area (Å²) in [5, 5.41) is 41.2. The van der Waals surface area contributed by atoms with E-state index in [-0.39, 0.29) is 19.3 Å². The van der Waals surface area contributed by atoms with Gasteiger partial charge in [-0.05, 0) is 64.7 Å². The van der Waals surface area contributed by atoms with Gasteiger partial charge in [0.25, 0.3) is 0 Å². The topological polar surface area (TPSA) is 121 Å². The van der Waals surface area contributed by atoms with Gasteiger partial charge in [0.15, 0.2) is 5.82 Å². The zero-order valence-electron chi connectivity index (χ0n) is 19.1. The van der Waals surface area contributed by atoms with Gasteiger partial charge in [-0.1, -0.05) is 36.4 Å². The van der Waals surface area contributed by atoms with Crippen LogP contribution in [0.1, 0.15) is 43.1 Å². The van der Waals surface area contributed by atoms with Crippen molar-refractivity contribution in [1.82, 2.24) is 20.2 Å². The molecule has 8 nitrogen and oxygen atoms in total. The molecule has 0 aliphatic heterocycles. The Morgan fingerprint density at radius 2 is 1.60 bits per heavy atom. The molecule has 0 aliphatic carbocycles. The lowest BCUT2D eigenvalue weighted by Crippen LogP contribution is -2.17. The van der Waals surface area contributed by atoms with Gasteiger partial charge in [-0.15, -0.1) is 5.10 Å². The molecule has 0 saturated carbocycles. The molecule has 35 heavy (non-hydrogen) atoms. The van der Waals surface area contributed by atoms with Crippen molar-refractivity contribution in [2.45, 2.75) is 44.9 Å². The summed E-state index contributed by atoms with van der Waals surface area (Å²) >= 11 is 0. The number of aromatic nitrogens is 4. The van der Waals surface area contributed by atoms with Gasteiger partial charge in [0.2, 0.25) is 0 Å². The molecule has 0 aliphatic rings. The van der Waals surface area contributed by atoms with Crippen LogP contribution < -0.4 is 0 Å². The maximum atomic E-state index is 13.7. The number of carboxylic acids is 1. The SMILES string of the molecule is CCn1nnnc1C(C=CC(O)CC(O)CCC(=O)O)=C(c1ccc(F)cc1)c1ccc(F)cc1. The molecule has 10 heteroatoms. The molecule has 184 valence electrons.